The molecule has 0 bridgehead atoms. The number of rotatable bonds is 5. The van der Waals surface area contributed by atoms with Crippen molar-refractivity contribution < 1.29 is 9.84 Å². The molecule has 0 amide bonds. The Balaban J connectivity index is 2.09. The van der Waals surface area contributed by atoms with Crippen molar-refractivity contribution >= 4 is 0 Å². The van der Waals surface area contributed by atoms with Gasteiger partial charge < -0.3 is 15.2 Å². The van der Waals surface area contributed by atoms with Gasteiger partial charge in [-0.2, -0.15) is 0 Å². The first-order valence-corrected chi connectivity index (χ1v) is 7.60. The van der Waals surface area contributed by atoms with Crippen molar-refractivity contribution in [3.8, 4) is 5.75 Å². The zero-order valence-corrected chi connectivity index (χ0v) is 13.1. The van der Waals surface area contributed by atoms with E-state index in [1.165, 1.54) is 16.7 Å². The highest BCUT2D eigenvalue weighted by Gasteiger charge is 2.39. The summed E-state index contributed by atoms with van der Waals surface area (Å²) in [5, 5.41) is 13.1. The van der Waals surface area contributed by atoms with Gasteiger partial charge in [-0.3, -0.25) is 0 Å². The van der Waals surface area contributed by atoms with E-state index >= 15 is 0 Å². The van der Waals surface area contributed by atoms with Gasteiger partial charge in [0.25, 0.3) is 0 Å². The zero-order valence-electron chi connectivity index (χ0n) is 13.1. The minimum atomic E-state index is -0.147. The van der Waals surface area contributed by atoms with Crippen LogP contribution in [0.25, 0.3) is 0 Å². The molecule has 3 heteroatoms. The molecule has 3 nitrogen and oxygen atoms in total. The van der Waals surface area contributed by atoms with Gasteiger partial charge in [0.2, 0.25) is 0 Å². The van der Waals surface area contributed by atoms with Crippen LogP contribution in [0.4, 0.5) is 0 Å². The molecule has 2 atom stereocenters. The van der Waals surface area contributed by atoms with E-state index in [0.29, 0.717) is 0 Å². The number of ether oxygens (including phenoxy) is 1. The molecule has 0 heterocycles. The molecule has 1 aliphatic rings. The highest BCUT2D eigenvalue weighted by Crippen LogP contribution is 2.34. The standard InChI is InChI=1S/C17H27NO2/c1-5-18-17(11-19)7-6-15(10-17)20-16-9-12(2)8-13(3)14(16)4/h8-9,15,18-19H,5-7,10-11H2,1-4H3. The first kappa shape index (κ1) is 15.3. The first-order chi connectivity index (χ1) is 9.49. The van der Waals surface area contributed by atoms with Crippen molar-refractivity contribution in [1.29, 1.82) is 0 Å². The van der Waals surface area contributed by atoms with Crippen LogP contribution in [-0.4, -0.2) is 29.9 Å². The monoisotopic (exact) mass is 277 g/mol. The summed E-state index contributed by atoms with van der Waals surface area (Å²) >= 11 is 0. The Morgan fingerprint density at radius 2 is 2.10 bits per heavy atom. The maximum absolute atomic E-state index is 9.66. The largest absolute Gasteiger partial charge is 0.490 e. The molecule has 1 aliphatic carbocycles. The van der Waals surface area contributed by atoms with Crippen molar-refractivity contribution in [2.45, 2.75) is 58.6 Å². The summed E-state index contributed by atoms with van der Waals surface area (Å²) in [5.41, 5.74) is 3.59. The Bertz CT molecular complexity index is 472. The second kappa shape index (κ2) is 6.15. The summed E-state index contributed by atoms with van der Waals surface area (Å²) in [6, 6.07) is 4.31. The van der Waals surface area contributed by atoms with E-state index < -0.39 is 0 Å². The number of aliphatic hydroxyl groups excluding tert-OH is 1. The van der Waals surface area contributed by atoms with Gasteiger partial charge in [0.15, 0.2) is 0 Å². The van der Waals surface area contributed by atoms with Gasteiger partial charge in [-0.25, -0.2) is 0 Å². The van der Waals surface area contributed by atoms with Gasteiger partial charge in [0, 0.05) is 12.0 Å². The fourth-order valence-electron chi connectivity index (χ4n) is 3.22. The molecule has 20 heavy (non-hydrogen) atoms. The highest BCUT2D eigenvalue weighted by molar-refractivity contribution is 5.42. The van der Waals surface area contributed by atoms with Crippen molar-refractivity contribution in [3.63, 3.8) is 0 Å². The van der Waals surface area contributed by atoms with E-state index in [-0.39, 0.29) is 18.2 Å². The first-order valence-electron chi connectivity index (χ1n) is 7.60. The molecule has 2 rings (SSSR count). The molecular formula is C17H27NO2. The van der Waals surface area contributed by atoms with Crippen LogP contribution in [0.2, 0.25) is 0 Å². The van der Waals surface area contributed by atoms with Crippen LogP contribution in [0.15, 0.2) is 12.1 Å². The molecule has 0 saturated heterocycles. The van der Waals surface area contributed by atoms with Crippen LogP contribution in [0.3, 0.4) is 0 Å². The highest BCUT2D eigenvalue weighted by atomic mass is 16.5. The normalized spacial score (nSPS) is 25.9. The van der Waals surface area contributed by atoms with E-state index in [4.69, 9.17) is 4.74 Å². The van der Waals surface area contributed by atoms with Gasteiger partial charge >= 0.3 is 0 Å². The fraction of sp³-hybridized carbons (Fsp3) is 0.647. The zero-order chi connectivity index (χ0) is 14.8. The lowest BCUT2D eigenvalue weighted by Gasteiger charge is -2.28. The summed E-state index contributed by atoms with van der Waals surface area (Å²) in [5.74, 6) is 0.998. The molecule has 1 aromatic carbocycles. The van der Waals surface area contributed by atoms with Crippen molar-refractivity contribution in [3.05, 3.63) is 28.8 Å². The Labute approximate surface area is 122 Å². The summed E-state index contributed by atoms with van der Waals surface area (Å²) in [7, 11) is 0. The third-order valence-corrected chi connectivity index (χ3v) is 4.48. The molecule has 1 saturated carbocycles. The lowest BCUT2D eigenvalue weighted by Crippen LogP contribution is -2.46. The summed E-state index contributed by atoms with van der Waals surface area (Å²) in [6.45, 7) is 9.50. The Hall–Kier alpha value is -1.06. The molecule has 1 aromatic rings. The maximum Gasteiger partial charge on any atom is 0.123 e. The molecule has 0 aliphatic heterocycles. The van der Waals surface area contributed by atoms with Gasteiger partial charge in [-0.15, -0.1) is 0 Å². The van der Waals surface area contributed by atoms with Crippen LogP contribution in [0, 0.1) is 20.8 Å². The lowest BCUT2D eigenvalue weighted by molar-refractivity contribution is 0.141. The van der Waals surface area contributed by atoms with E-state index in [9.17, 15) is 5.11 Å². The number of hydrogen-bond acceptors (Lipinski definition) is 3. The molecule has 0 aromatic heterocycles. The average Bonchev–Trinajstić information content (AvgIpc) is 2.80. The van der Waals surface area contributed by atoms with Crippen LogP contribution in [0.5, 0.6) is 5.75 Å². The second-order valence-electron chi connectivity index (χ2n) is 6.16. The van der Waals surface area contributed by atoms with Crippen molar-refractivity contribution in [2.75, 3.05) is 13.2 Å². The minimum absolute atomic E-state index is 0.147. The average molecular weight is 277 g/mol. The number of hydrogen-bond donors (Lipinski definition) is 2. The van der Waals surface area contributed by atoms with Gasteiger partial charge in [0.1, 0.15) is 11.9 Å². The van der Waals surface area contributed by atoms with Crippen LogP contribution >= 0.6 is 0 Å². The number of aryl methyl sites for hydroxylation is 2. The molecule has 1 fully saturated rings. The molecular weight excluding hydrogens is 250 g/mol. The summed E-state index contributed by atoms with van der Waals surface area (Å²) in [6.07, 6.45) is 3.05. The van der Waals surface area contributed by atoms with E-state index in [1.54, 1.807) is 0 Å². The number of likely N-dealkylation sites (N-methyl/N-ethyl adjacent to an activating group) is 1. The van der Waals surface area contributed by atoms with Crippen LogP contribution < -0.4 is 10.1 Å². The van der Waals surface area contributed by atoms with E-state index in [2.05, 4.69) is 45.1 Å². The van der Waals surface area contributed by atoms with Crippen LogP contribution in [0.1, 0.15) is 42.9 Å². The van der Waals surface area contributed by atoms with Crippen molar-refractivity contribution in [1.82, 2.24) is 5.32 Å². The Morgan fingerprint density at radius 3 is 2.75 bits per heavy atom. The minimum Gasteiger partial charge on any atom is -0.490 e. The Kier molecular flexibility index (Phi) is 4.71. The van der Waals surface area contributed by atoms with E-state index in [0.717, 1.165) is 31.6 Å². The molecule has 0 radical (unpaired) electrons. The quantitative estimate of drug-likeness (QED) is 0.869. The SMILES string of the molecule is CCNC1(CO)CCC(Oc2cc(C)cc(C)c2C)C1. The van der Waals surface area contributed by atoms with Gasteiger partial charge in [0.05, 0.1) is 6.61 Å². The third kappa shape index (κ3) is 3.15. The summed E-state index contributed by atoms with van der Waals surface area (Å²) < 4.78 is 6.22. The fourth-order valence-corrected chi connectivity index (χ4v) is 3.22. The van der Waals surface area contributed by atoms with Gasteiger partial charge in [-0.05, 0) is 62.9 Å². The number of benzene rings is 1. The van der Waals surface area contributed by atoms with E-state index in [1.807, 2.05) is 0 Å². The topological polar surface area (TPSA) is 41.5 Å². The van der Waals surface area contributed by atoms with Crippen molar-refractivity contribution in [2.24, 2.45) is 0 Å². The molecule has 0 spiro atoms. The number of nitrogens with one attached hydrogen (secondary N) is 1. The molecule has 2 unspecified atom stereocenters. The molecule has 112 valence electrons. The lowest BCUT2D eigenvalue weighted by atomic mass is 9.99. The Morgan fingerprint density at radius 1 is 1.35 bits per heavy atom. The summed E-state index contributed by atoms with van der Waals surface area (Å²) in [4.78, 5) is 0. The predicted molar refractivity (Wildman–Crippen MR) is 82.4 cm³/mol. The second-order valence-corrected chi connectivity index (χ2v) is 6.16. The maximum atomic E-state index is 9.66. The smallest absolute Gasteiger partial charge is 0.123 e. The number of aliphatic hydroxyl groups is 1. The predicted octanol–water partition coefficient (Wildman–Crippen LogP) is 2.88. The molecule has 2 N–H and O–H groups in total. The third-order valence-electron chi connectivity index (χ3n) is 4.48. The van der Waals surface area contributed by atoms with Gasteiger partial charge in [-0.1, -0.05) is 13.0 Å². The van der Waals surface area contributed by atoms with Crippen LogP contribution in [-0.2, 0) is 0 Å².